The number of aldehydes is 1. The standard InChI is InChI=1S/C15H24N2OS/c1-4-11(2)14-13(10-18)19-15(16-14)17-9-7-5-6-8-12(17)3/h10-12H,4-9H2,1-3H3. The predicted molar refractivity (Wildman–Crippen MR) is 81.5 cm³/mol. The van der Waals surface area contributed by atoms with E-state index in [4.69, 9.17) is 4.98 Å². The van der Waals surface area contributed by atoms with Crippen LogP contribution in [0.1, 0.15) is 74.2 Å². The average Bonchev–Trinajstić information content (AvgIpc) is 2.74. The van der Waals surface area contributed by atoms with Gasteiger partial charge in [-0.2, -0.15) is 0 Å². The zero-order chi connectivity index (χ0) is 13.8. The van der Waals surface area contributed by atoms with Gasteiger partial charge < -0.3 is 4.90 Å². The molecule has 1 aliphatic rings. The van der Waals surface area contributed by atoms with Crippen LogP contribution in [0.4, 0.5) is 5.13 Å². The number of rotatable bonds is 4. The summed E-state index contributed by atoms with van der Waals surface area (Å²) in [5.74, 6) is 0.368. The smallest absolute Gasteiger partial charge is 0.186 e. The van der Waals surface area contributed by atoms with E-state index in [1.807, 2.05) is 0 Å². The molecule has 2 heterocycles. The summed E-state index contributed by atoms with van der Waals surface area (Å²) in [5.41, 5.74) is 0.994. The Labute approximate surface area is 120 Å². The topological polar surface area (TPSA) is 33.2 Å². The minimum atomic E-state index is 0.368. The summed E-state index contributed by atoms with van der Waals surface area (Å²) in [5, 5.41) is 1.05. The van der Waals surface area contributed by atoms with Gasteiger partial charge in [0.2, 0.25) is 0 Å². The van der Waals surface area contributed by atoms with Crippen LogP contribution in [0.3, 0.4) is 0 Å². The van der Waals surface area contributed by atoms with Crippen molar-refractivity contribution >= 4 is 22.8 Å². The molecule has 0 spiro atoms. The number of thiazole rings is 1. The summed E-state index contributed by atoms with van der Waals surface area (Å²) in [6.07, 6.45) is 7.09. The highest BCUT2D eigenvalue weighted by atomic mass is 32.1. The Bertz CT molecular complexity index is 430. The molecule has 1 saturated heterocycles. The molecular formula is C15H24N2OS. The molecule has 0 N–H and O–H groups in total. The van der Waals surface area contributed by atoms with Gasteiger partial charge in [0, 0.05) is 12.6 Å². The van der Waals surface area contributed by atoms with Gasteiger partial charge in [0.05, 0.1) is 10.6 Å². The van der Waals surface area contributed by atoms with Crippen LogP contribution in [-0.4, -0.2) is 23.9 Å². The molecule has 2 rings (SSSR count). The first-order valence-electron chi connectivity index (χ1n) is 7.39. The Morgan fingerprint density at radius 2 is 2.26 bits per heavy atom. The minimum Gasteiger partial charge on any atom is -0.345 e. The lowest BCUT2D eigenvalue weighted by Crippen LogP contribution is -2.32. The largest absolute Gasteiger partial charge is 0.345 e. The average molecular weight is 280 g/mol. The van der Waals surface area contributed by atoms with Gasteiger partial charge >= 0.3 is 0 Å². The summed E-state index contributed by atoms with van der Waals surface area (Å²) in [7, 11) is 0. The van der Waals surface area contributed by atoms with E-state index in [0.29, 0.717) is 12.0 Å². The normalized spacial score (nSPS) is 22.1. The molecule has 1 aromatic heterocycles. The highest BCUT2D eigenvalue weighted by molar-refractivity contribution is 7.17. The van der Waals surface area contributed by atoms with Crippen molar-refractivity contribution in [2.45, 2.75) is 64.8 Å². The molecule has 3 nitrogen and oxygen atoms in total. The highest BCUT2D eigenvalue weighted by Gasteiger charge is 2.23. The first kappa shape index (κ1) is 14.5. The molecule has 0 amide bonds. The number of anilines is 1. The third kappa shape index (κ3) is 3.16. The van der Waals surface area contributed by atoms with Crippen LogP contribution in [0, 0.1) is 0 Å². The minimum absolute atomic E-state index is 0.368. The van der Waals surface area contributed by atoms with Gasteiger partial charge in [-0.3, -0.25) is 4.79 Å². The van der Waals surface area contributed by atoms with Gasteiger partial charge in [-0.1, -0.05) is 38.0 Å². The third-order valence-corrected chi connectivity index (χ3v) is 5.19. The number of carbonyl (C=O) groups excluding carboxylic acids is 1. The lowest BCUT2D eigenvalue weighted by atomic mass is 10.0. The summed E-state index contributed by atoms with van der Waals surface area (Å²) in [6, 6.07) is 0.540. The fraction of sp³-hybridized carbons (Fsp3) is 0.733. The van der Waals surface area contributed by atoms with E-state index in [-0.39, 0.29) is 0 Å². The SMILES string of the molecule is CCC(C)c1nc(N2CCCCCC2C)sc1C=O. The maximum atomic E-state index is 11.2. The molecule has 1 aliphatic heterocycles. The fourth-order valence-corrected chi connectivity index (χ4v) is 3.77. The molecule has 0 aliphatic carbocycles. The van der Waals surface area contributed by atoms with E-state index in [1.54, 1.807) is 11.3 Å². The van der Waals surface area contributed by atoms with Gasteiger partial charge in [0.15, 0.2) is 11.4 Å². The molecule has 19 heavy (non-hydrogen) atoms. The van der Waals surface area contributed by atoms with E-state index in [0.717, 1.165) is 35.0 Å². The van der Waals surface area contributed by atoms with Crippen LogP contribution in [0.15, 0.2) is 0 Å². The molecule has 106 valence electrons. The van der Waals surface area contributed by atoms with Crippen molar-refractivity contribution in [2.24, 2.45) is 0 Å². The second-order valence-electron chi connectivity index (χ2n) is 5.56. The molecule has 0 radical (unpaired) electrons. The van der Waals surface area contributed by atoms with Gasteiger partial charge in [-0.25, -0.2) is 4.98 Å². The molecular weight excluding hydrogens is 256 g/mol. The highest BCUT2D eigenvalue weighted by Crippen LogP contribution is 2.33. The number of aromatic nitrogens is 1. The fourth-order valence-electron chi connectivity index (χ4n) is 2.64. The summed E-state index contributed by atoms with van der Waals surface area (Å²) in [6.45, 7) is 7.65. The van der Waals surface area contributed by atoms with Crippen molar-refractivity contribution in [3.05, 3.63) is 10.6 Å². The summed E-state index contributed by atoms with van der Waals surface area (Å²) < 4.78 is 0. The van der Waals surface area contributed by atoms with Crippen LogP contribution >= 0.6 is 11.3 Å². The zero-order valence-electron chi connectivity index (χ0n) is 12.2. The molecule has 0 saturated carbocycles. The maximum absolute atomic E-state index is 11.2. The van der Waals surface area contributed by atoms with Gasteiger partial charge in [-0.05, 0) is 32.1 Å². The Balaban J connectivity index is 2.28. The molecule has 1 fully saturated rings. The van der Waals surface area contributed by atoms with Crippen molar-refractivity contribution in [2.75, 3.05) is 11.4 Å². The van der Waals surface area contributed by atoms with Crippen molar-refractivity contribution in [3.8, 4) is 0 Å². The van der Waals surface area contributed by atoms with Crippen LogP contribution in [0.2, 0.25) is 0 Å². The van der Waals surface area contributed by atoms with Crippen molar-refractivity contribution < 1.29 is 4.79 Å². The lowest BCUT2D eigenvalue weighted by Gasteiger charge is -2.26. The second-order valence-corrected chi connectivity index (χ2v) is 6.57. The molecule has 1 aromatic rings. The maximum Gasteiger partial charge on any atom is 0.186 e. The first-order chi connectivity index (χ1) is 9.17. The van der Waals surface area contributed by atoms with E-state index in [2.05, 4.69) is 25.7 Å². The number of carbonyl (C=O) groups is 1. The van der Waals surface area contributed by atoms with E-state index >= 15 is 0 Å². The number of nitrogens with zero attached hydrogens (tertiary/aromatic N) is 2. The molecule has 0 bridgehead atoms. The predicted octanol–water partition coefficient (Wildman–Crippen LogP) is 4.24. The first-order valence-corrected chi connectivity index (χ1v) is 8.21. The van der Waals surface area contributed by atoms with Gasteiger partial charge in [-0.15, -0.1) is 0 Å². The van der Waals surface area contributed by atoms with Crippen molar-refractivity contribution in [3.63, 3.8) is 0 Å². The van der Waals surface area contributed by atoms with Crippen molar-refractivity contribution in [1.29, 1.82) is 0 Å². The van der Waals surface area contributed by atoms with Gasteiger partial charge in [0.1, 0.15) is 0 Å². The van der Waals surface area contributed by atoms with Crippen LogP contribution in [-0.2, 0) is 0 Å². The second kappa shape index (κ2) is 6.51. The zero-order valence-corrected chi connectivity index (χ0v) is 13.0. The molecule has 2 unspecified atom stereocenters. The van der Waals surface area contributed by atoms with Crippen LogP contribution in [0.25, 0.3) is 0 Å². The molecule has 4 heteroatoms. The van der Waals surface area contributed by atoms with E-state index < -0.39 is 0 Å². The quantitative estimate of drug-likeness (QED) is 0.773. The van der Waals surface area contributed by atoms with E-state index in [1.165, 1.54) is 25.7 Å². The Morgan fingerprint density at radius 3 is 2.95 bits per heavy atom. The summed E-state index contributed by atoms with van der Waals surface area (Å²) >= 11 is 1.57. The Kier molecular flexibility index (Phi) is 4.97. The van der Waals surface area contributed by atoms with Crippen molar-refractivity contribution in [1.82, 2.24) is 4.98 Å². The van der Waals surface area contributed by atoms with Crippen LogP contribution < -0.4 is 4.90 Å². The summed E-state index contributed by atoms with van der Waals surface area (Å²) in [4.78, 5) is 19.2. The number of hydrogen-bond acceptors (Lipinski definition) is 4. The molecule has 0 aromatic carbocycles. The Hall–Kier alpha value is -0.900. The van der Waals surface area contributed by atoms with Gasteiger partial charge in [0.25, 0.3) is 0 Å². The Morgan fingerprint density at radius 1 is 1.47 bits per heavy atom. The lowest BCUT2D eigenvalue weighted by molar-refractivity contribution is 0.112. The third-order valence-electron chi connectivity index (χ3n) is 4.15. The van der Waals surface area contributed by atoms with Crippen LogP contribution in [0.5, 0.6) is 0 Å². The number of hydrogen-bond donors (Lipinski definition) is 0. The molecule has 2 atom stereocenters. The van der Waals surface area contributed by atoms with E-state index in [9.17, 15) is 4.79 Å². The monoisotopic (exact) mass is 280 g/mol.